The van der Waals surface area contributed by atoms with Crippen LogP contribution in [0.4, 0.5) is 40.6 Å². The molecule has 5 heterocycles. The molecule has 0 aliphatic rings. The maximum absolute atomic E-state index is 13.0. The van der Waals surface area contributed by atoms with Gasteiger partial charge in [-0.2, -0.15) is 4.98 Å². The summed E-state index contributed by atoms with van der Waals surface area (Å²) in [6.07, 6.45) is 7.52. The number of rotatable bonds is 18. The van der Waals surface area contributed by atoms with Crippen LogP contribution in [-0.2, 0) is 49.9 Å². The van der Waals surface area contributed by atoms with Crippen molar-refractivity contribution in [2.45, 2.75) is 38.5 Å². The average Bonchev–Trinajstić information content (AvgIpc) is 4.00. The van der Waals surface area contributed by atoms with Crippen LogP contribution < -0.4 is 37.2 Å². The second-order valence-corrected chi connectivity index (χ2v) is 12.6. The van der Waals surface area contributed by atoms with Gasteiger partial charge in [-0.25, -0.2) is 9.97 Å². The fourth-order valence-electron chi connectivity index (χ4n) is 5.11. The molecular weight excluding hydrogens is 762 g/mol. The average molecular weight is 802 g/mol. The number of hydrogen-bond donors (Lipinski definition) is 10. The molecule has 0 aliphatic carbocycles. The highest BCUT2D eigenvalue weighted by atomic mass is 16.4. The highest BCUT2D eigenvalue weighted by Gasteiger charge is 2.19. The monoisotopic (exact) mass is 801 g/mol. The molecule has 24 nitrogen and oxygen atoms in total. The maximum Gasteiger partial charge on any atom is 0.303 e. The van der Waals surface area contributed by atoms with Crippen molar-refractivity contribution in [3.05, 3.63) is 61.0 Å². The number of carbonyl (C=O) groups excluding carboxylic acids is 7. The molecule has 0 saturated carbocycles. The summed E-state index contributed by atoms with van der Waals surface area (Å²) in [6, 6.07) is 2.96. The highest BCUT2D eigenvalue weighted by Crippen LogP contribution is 2.18. The van der Waals surface area contributed by atoms with E-state index in [0.717, 1.165) is 0 Å². The summed E-state index contributed by atoms with van der Waals surface area (Å²) in [4.78, 5) is 116. The standard InChI is InChI=1S/C34H39N15O9/c1-47-11-10-35-30(47)32(57)38-18-12-20(36-14-18)40-24(50)4-6-26(52)42-22-16-48(2)31(44-22)33(58)39-19-13-21(37-15-19)41-25(51)5-7-27(53)43-23-17-49(3)34(45-23)46-28(54)8-9-29(55)56/h10-17,36-37H,4-9H2,1-3H3,(H,38,57)(H,39,58)(H,40,50)(H,41,51)(H,42,52)(H,43,53)(H,55,56)(H,45,46,54). The zero-order valence-electron chi connectivity index (χ0n) is 31.3. The van der Waals surface area contributed by atoms with Crippen molar-refractivity contribution in [2.75, 3.05) is 37.2 Å². The minimum absolute atomic E-state index is 0.0519. The summed E-state index contributed by atoms with van der Waals surface area (Å²) in [6.45, 7) is 0. The molecule has 0 radical (unpaired) electrons. The minimum atomic E-state index is -1.12. The number of hydrogen-bond acceptors (Lipinski definition) is 11. The molecule has 0 aliphatic heterocycles. The summed E-state index contributed by atoms with van der Waals surface area (Å²) >= 11 is 0. The van der Waals surface area contributed by atoms with Crippen molar-refractivity contribution in [2.24, 2.45) is 21.1 Å². The normalized spacial score (nSPS) is 10.7. The van der Waals surface area contributed by atoms with Gasteiger partial charge >= 0.3 is 5.97 Å². The van der Waals surface area contributed by atoms with Gasteiger partial charge in [0.2, 0.25) is 41.3 Å². The van der Waals surface area contributed by atoms with E-state index < -0.39 is 47.3 Å². The molecule has 0 aromatic carbocycles. The summed E-state index contributed by atoms with van der Waals surface area (Å²) in [5.74, 6) is -3.79. The second-order valence-electron chi connectivity index (χ2n) is 12.6. The molecule has 24 heteroatoms. The van der Waals surface area contributed by atoms with Gasteiger partial charge < -0.3 is 60.7 Å². The first-order chi connectivity index (χ1) is 27.6. The van der Waals surface area contributed by atoms with Gasteiger partial charge in [-0.15, -0.1) is 0 Å². The van der Waals surface area contributed by atoms with Crippen LogP contribution in [0.1, 0.15) is 59.8 Å². The Morgan fingerprint density at radius 2 is 1.03 bits per heavy atom. The Hall–Kier alpha value is -8.05. The molecular formula is C34H39N15O9. The lowest BCUT2D eigenvalue weighted by Crippen LogP contribution is -2.18. The summed E-state index contributed by atoms with van der Waals surface area (Å²) in [7, 11) is 4.79. The first-order valence-electron chi connectivity index (χ1n) is 17.4. The van der Waals surface area contributed by atoms with E-state index in [1.807, 2.05) is 0 Å². The lowest BCUT2D eigenvalue weighted by atomic mass is 10.3. The van der Waals surface area contributed by atoms with Gasteiger partial charge in [0.05, 0.1) is 17.8 Å². The van der Waals surface area contributed by atoms with Gasteiger partial charge in [-0.1, -0.05) is 0 Å². The molecule has 0 saturated heterocycles. The van der Waals surface area contributed by atoms with E-state index in [-0.39, 0.29) is 79.3 Å². The summed E-state index contributed by atoms with van der Waals surface area (Å²) in [5.41, 5.74) is 0.682. The maximum atomic E-state index is 13.0. The zero-order chi connectivity index (χ0) is 41.9. The first kappa shape index (κ1) is 41.1. The molecule has 5 aromatic heterocycles. The largest absolute Gasteiger partial charge is 0.481 e. The van der Waals surface area contributed by atoms with Crippen LogP contribution >= 0.6 is 0 Å². The Balaban J connectivity index is 1.01. The van der Waals surface area contributed by atoms with E-state index in [9.17, 15) is 38.4 Å². The molecule has 5 aromatic rings. The van der Waals surface area contributed by atoms with E-state index in [1.54, 1.807) is 31.9 Å². The molecule has 5 rings (SSSR count). The molecule has 0 fully saturated rings. The third-order valence-corrected chi connectivity index (χ3v) is 7.92. The van der Waals surface area contributed by atoms with Gasteiger partial charge in [0, 0.05) is 103 Å². The lowest BCUT2D eigenvalue weighted by Gasteiger charge is -2.04. The number of H-pyrrole nitrogens is 2. The Morgan fingerprint density at radius 1 is 0.569 bits per heavy atom. The summed E-state index contributed by atoms with van der Waals surface area (Å²) < 4.78 is 4.37. The van der Waals surface area contributed by atoms with Crippen LogP contribution in [0.25, 0.3) is 0 Å². The van der Waals surface area contributed by atoms with Crippen molar-refractivity contribution < 1.29 is 43.5 Å². The van der Waals surface area contributed by atoms with Gasteiger partial charge in [0.25, 0.3) is 11.8 Å². The van der Waals surface area contributed by atoms with Gasteiger partial charge in [0.15, 0.2) is 17.5 Å². The quantitative estimate of drug-likeness (QED) is 0.0604. The van der Waals surface area contributed by atoms with E-state index >= 15 is 0 Å². The van der Waals surface area contributed by atoms with Crippen LogP contribution in [0, 0.1) is 0 Å². The smallest absolute Gasteiger partial charge is 0.303 e. The molecule has 0 bridgehead atoms. The topological polar surface area (TPSA) is 326 Å². The van der Waals surface area contributed by atoms with Gasteiger partial charge in [-0.05, 0) is 0 Å². The number of nitrogens with one attached hydrogen (secondary N) is 9. The van der Waals surface area contributed by atoms with Crippen molar-refractivity contribution in [3.8, 4) is 0 Å². The third kappa shape index (κ3) is 11.7. The molecule has 10 N–H and O–H groups in total. The number of anilines is 7. The van der Waals surface area contributed by atoms with Crippen LogP contribution in [0.2, 0.25) is 0 Å². The molecule has 58 heavy (non-hydrogen) atoms. The fourth-order valence-corrected chi connectivity index (χ4v) is 5.11. The molecule has 0 spiro atoms. The van der Waals surface area contributed by atoms with Crippen molar-refractivity contribution in [3.63, 3.8) is 0 Å². The van der Waals surface area contributed by atoms with E-state index in [1.165, 1.54) is 52.3 Å². The number of nitrogens with zero attached hydrogens (tertiary/aromatic N) is 6. The predicted molar refractivity (Wildman–Crippen MR) is 206 cm³/mol. The summed E-state index contributed by atoms with van der Waals surface area (Å²) in [5, 5.41) is 26.7. The number of aromatic nitrogens is 8. The molecule has 0 atom stereocenters. The molecule has 0 unspecified atom stereocenters. The number of aryl methyl sites for hydroxylation is 3. The number of carboxylic acids is 1. The van der Waals surface area contributed by atoms with Crippen LogP contribution in [0.15, 0.2) is 49.3 Å². The third-order valence-electron chi connectivity index (χ3n) is 7.92. The Morgan fingerprint density at radius 3 is 1.55 bits per heavy atom. The number of imidazole rings is 3. The minimum Gasteiger partial charge on any atom is -0.481 e. The second kappa shape index (κ2) is 18.5. The first-order valence-corrected chi connectivity index (χ1v) is 17.4. The van der Waals surface area contributed by atoms with E-state index in [2.05, 4.69) is 62.1 Å². The van der Waals surface area contributed by atoms with Crippen molar-refractivity contribution >= 4 is 87.9 Å². The Bertz CT molecular complexity index is 2360. The number of aliphatic carboxylic acids is 1. The van der Waals surface area contributed by atoms with Crippen molar-refractivity contribution in [1.29, 1.82) is 0 Å². The Kier molecular flexibility index (Phi) is 13.1. The number of aromatic amines is 2. The van der Waals surface area contributed by atoms with Gasteiger partial charge in [-0.3, -0.25) is 43.7 Å². The number of amides is 7. The SMILES string of the molecule is Cn1cc(NC(=O)CCC(=O)Nc2cc(NC(=O)c3nc(NC(=O)CCC(=O)Nc4cc(NC(=O)c5nccn5C)c[nH]4)cn3C)c[nH]2)nc1NC(=O)CCC(=O)O. The van der Waals surface area contributed by atoms with Gasteiger partial charge in [0.1, 0.15) is 11.6 Å². The number of carbonyl (C=O) groups is 8. The van der Waals surface area contributed by atoms with Crippen molar-refractivity contribution in [1.82, 2.24) is 38.6 Å². The molecule has 7 amide bonds. The van der Waals surface area contributed by atoms with Crippen LogP contribution in [-0.4, -0.2) is 91.0 Å². The molecule has 304 valence electrons. The number of carboxylic acid groups (broad SMARTS) is 1. The van der Waals surface area contributed by atoms with E-state index in [4.69, 9.17) is 5.11 Å². The zero-order valence-corrected chi connectivity index (χ0v) is 31.3. The fraction of sp³-hybridized carbons (Fsp3) is 0.265. The van der Waals surface area contributed by atoms with Crippen LogP contribution in [0.5, 0.6) is 0 Å². The predicted octanol–water partition coefficient (Wildman–Crippen LogP) is 1.57. The highest BCUT2D eigenvalue weighted by molar-refractivity contribution is 6.04. The van der Waals surface area contributed by atoms with Crippen LogP contribution in [0.3, 0.4) is 0 Å². The lowest BCUT2D eigenvalue weighted by molar-refractivity contribution is -0.138. The van der Waals surface area contributed by atoms with E-state index in [0.29, 0.717) is 11.5 Å². The Labute approximate surface area is 327 Å².